The number of unbranched alkanes of at least 4 members (excludes halogenated alkanes) is 7. The molecule has 1 N–H and O–H groups in total. The summed E-state index contributed by atoms with van der Waals surface area (Å²) in [5, 5.41) is 8.63. The molecule has 0 bridgehead atoms. The van der Waals surface area contributed by atoms with E-state index in [0.717, 1.165) is 44.9 Å². The number of allylic oxidation sites excluding steroid dienone is 2. The van der Waals surface area contributed by atoms with Gasteiger partial charge >= 0.3 is 5.97 Å². The molecule has 0 aliphatic heterocycles. The van der Waals surface area contributed by atoms with Crippen molar-refractivity contribution in [3.63, 3.8) is 0 Å². The first-order valence-electron chi connectivity index (χ1n) is 10.5. The average molecular weight is 365 g/mol. The van der Waals surface area contributed by atoms with Crippen molar-refractivity contribution in [2.75, 3.05) is 0 Å². The lowest BCUT2D eigenvalue weighted by atomic mass is 9.89. The zero-order chi connectivity index (χ0) is 19.2. The predicted molar refractivity (Wildman–Crippen MR) is 104 cm³/mol. The molecule has 0 aromatic carbocycles. The van der Waals surface area contributed by atoms with Crippen LogP contribution in [0.15, 0.2) is 12.2 Å². The average Bonchev–Trinajstić information content (AvgIpc) is 2.95. The van der Waals surface area contributed by atoms with E-state index in [2.05, 4.69) is 6.92 Å². The van der Waals surface area contributed by atoms with Crippen molar-refractivity contribution in [2.45, 2.75) is 96.8 Å². The molecule has 148 valence electrons. The summed E-state index contributed by atoms with van der Waals surface area (Å²) in [6, 6.07) is 0. The monoisotopic (exact) mass is 364 g/mol. The quantitative estimate of drug-likeness (QED) is 0.308. The van der Waals surface area contributed by atoms with Gasteiger partial charge in [-0.1, -0.05) is 57.9 Å². The van der Waals surface area contributed by atoms with Crippen molar-refractivity contribution >= 4 is 17.5 Å². The summed E-state index contributed by atoms with van der Waals surface area (Å²) in [6.07, 6.45) is 16.2. The molecule has 0 aromatic rings. The van der Waals surface area contributed by atoms with Gasteiger partial charge in [-0.3, -0.25) is 14.4 Å². The molecule has 2 atom stereocenters. The number of ketones is 2. The molecule has 1 aliphatic carbocycles. The minimum atomic E-state index is -0.740. The topological polar surface area (TPSA) is 71.4 Å². The highest BCUT2D eigenvalue weighted by atomic mass is 16.4. The Labute approximate surface area is 158 Å². The maximum atomic E-state index is 12.1. The smallest absolute Gasteiger partial charge is 0.303 e. The number of hydrogen-bond acceptors (Lipinski definition) is 3. The number of Topliss-reactive ketones (excluding diaryl/α,β-unsaturated/α-hetero) is 1. The van der Waals surface area contributed by atoms with Crippen molar-refractivity contribution in [1.82, 2.24) is 0 Å². The van der Waals surface area contributed by atoms with Gasteiger partial charge < -0.3 is 5.11 Å². The third-order valence-corrected chi connectivity index (χ3v) is 5.37. The molecule has 26 heavy (non-hydrogen) atoms. The highest BCUT2D eigenvalue weighted by Crippen LogP contribution is 2.33. The Bertz CT molecular complexity index is 467. The number of aliphatic carboxylic acids is 1. The number of carbonyl (C=O) groups excluding carboxylic acids is 2. The van der Waals surface area contributed by atoms with Gasteiger partial charge in [-0.15, -0.1) is 0 Å². The van der Waals surface area contributed by atoms with Crippen LogP contribution in [0.25, 0.3) is 0 Å². The molecule has 0 radical (unpaired) electrons. The van der Waals surface area contributed by atoms with Crippen molar-refractivity contribution in [3.05, 3.63) is 12.2 Å². The summed E-state index contributed by atoms with van der Waals surface area (Å²) in [7, 11) is 0. The van der Waals surface area contributed by atoms with E-state index in [0.29, 0.717) is 25.0 Å². The number of rotatable bonds is 15. The van der Waals surface area contributed by atoms with E-state index in [4.69, 9.17) is 5.11 Å². The maximum absolute atomic E-state index is 12.1. The van der Waals surface area contributed by atoms with E-state index >= 15 is 0 Å². The highest BCUT2D eigenvalue weighted by Gasteiger charge is 2.32. The molecule has 4 heteroatoms. The summed E-state index contributed by atoms with van der Waals surface area (Å²) >= 11 is 0. The molecule has 0 heterocycles. The molecule has 0 aromatic heterocycles. The first-order valence-corrected chi connectivity index (χ1v) is 10.5. The number of carbonyl (C=O) groups is 3. The van der Waals surface area contributed by atoms with Crippen molar-refractivity contribution in [3.8, 4) is 0 Å². The third kappa shape index (κ3) is 9.88. The standard InChI is InChI=1S/C22H36O4/c1-2-3-4-5-8-11-19(23)16-14-18-15-17-21(24)20(18)12-9-6-7-10-13-22(25)26/h14,16,18,20H,2-13,15,17H2,1H3,(H,25,26)/b16-14+. The molecule has 1 fully saturated rings. The van der Waals surface area contributed by atoms with Crippen LogP contribution in [-0.4, -0.2) is 22.6 Å². The fourth-order valence-electron chi connectivity index (χ4n) is 3.75. The van der Waals surface area contributed by atoms with Crippen LogP contribution in [0, 0.1) is 11.8 Å². The van der Waals surface area contributed by atoms with Gasteiger partial charge in [0.2, 0.25) is 0 Å². The molecule has 0 saturated heterocycles. The van der Waals surface area contributed by atoms with E-state index in [9.17, 15) is 14.4 Å². The predicted octanol–water partition coefficient (Wildman–Crippen LogP) is 5.49. The second-order valence-corrected chi connectivity index (χ2v) is 7.61. The lowest BCUT2D eigenvalue weighted by Crippen LogP contribution is -2.13. The molecular weight excluding hydrogens is 328 g/mol. The Morgan fingerprint density at radius 3 is 2.35 bits per heavy atom. The summed E-state index contributed by atoms with van der Waals surface area (Å²) in [6.45, 7) is 2.18. The molecule has 0 amide bonds. The van der Waals surface area contributed by atoms with Gasteiger partial charge in [-0.25, -0.2) is 0 Å². The maximum Gasteiger partial charge on any atom is 0.303 e. The second-order valence-electron chi connectivity index (χ2n) is 7.61. The van der Waals surface area contributed by atoms with Crippen molar-refractivity contribution in [1.29, 1.82) is 0 Å². The largest absolute Gasteiger partial charge is 0.481 e. The van der Waals surface area contributed by atoms with Crippen molar-refractivity contribution in [2.24, 2.45) is 11.8 Å². The van der Waals surface area contributed by atoms with Crippen LogP contribution < -0.4 is 0 Å². The van der Waals surface area contributed by atoms with Crippen LogP contribution in [0.2, 0.25) is 0 Å². The Kier molecular flexibility index (Phi) is 11.9. The fraction of sp³-hybridized carbons (Fsp3) is 0.773. The van der Waals surface area contributed by atoms with Crippen LogP contribution in [0.1, 0.15) is 96.8 Å². The molecule has 1 saturated carbocycles. The van der Waals surface area contributed by atoms with E-state index in [-0.39, 0.29) is 24.0 Å². The summed E-state index contributed by atoms with van der Waals surface area (Å²) < 4.78 is 0. The number of carboxylic acid groups (broad SMARTS) is 1. The Balaban J connectivity index is 2.25. The third-order valence-electron chi connectivity index (χ3n) is 5.37. The van der Waals surface area contributed by atoms with Crippen molar-refractivity contribution < 1.29 is 19.5 Å². The molecule has 0 spiro atoms. The van der Waals surface area contributed by atoms with Gasteiger partial charge in [0.15, 0.2) is 5.78 Å². The molecular formula is C22H36O4. The van der Waals surface area contributed by atoms with E-state index in [1.807, 2.05) is 6.08 Å². The van der Waals surface area contributed by atoms with Crippen LogP contribution in [-0.2, 0) is 14.4 Å². The summed E-state index contributed by atoms with van der Waals surface area (Å²) in [5.74, 6) is 0.0512. The second kappa shape index (κ2) is 13.7. The van der Waals surface area contributed by atoms with Gasteiger partial charge in [-0.2, -0.15) is 0 Å². The zero-order valence-corrected chi connectivity index (χ0v) is 16.4. The zero-order valence-electron chi connectivity index (χ0n) is 16.4. The van der Waals surface area contributed by atoms with Crippen LogP contribution in [0.4, 0.5) is 0 Å². The van der Waals surface area contributed by atoms with Gasteiger partial charge in [0.05, 0.1) is 0 Å². The van der Waals surface area contributed by atoms with E-state index in [1.165, 1.54) is 19.3 Å². The lowest BCUT2D eigenvalue weighted by Gasteiger charge is -2.14. The Morgan fingerprint density at radius 1 is 1.00 bits per heavy atom. The fourth-order valence-corrected chi connectivity index (χ4v) is 3.75. The minimum Gasteiger partial charge on any atom is -0.481 e. The van der Waals surface area contributed by atoms with E-state index in [1.54, 1.807) is 6.08 Å². The van der Waals surface area contributed by atoms with Gasteiger partial charge in [0.1, 0.15) is 5.78 Å². The Hall–Kier alpha value is -1.45. The molecule has 1 rings (SSSR count). The molecule has 2 unspecified atom stereocenters. The number of carboxylic acids is 1. The first-order chi connectivity index (χ1) is 12.5. The van der Waals surface area contributed by atoms with Crippen LogP contribution in [0.5, 0.6) is 0 Å². The minimum absolute atomic E-state index is 0.0584. The van der Waals surface area contributed by atoms with E-state index < -0.39 is 5.97 Å². The summed E-state index contributed by atoms with van der Waals surface area (Å²) in [5.41, 5.74) is 0. The normalized spacial score (nSPS) is 20.1. The number of hydrogen-bond donors (Lipinski definition) is 1. The SMILES string of the molecule is CCCCCCCC(=O)/C=C/C1CCC(=O)C1CCCCCCC(=O)O. The molecule has 1 aliphatic rings. The van der Waals surface area contributed by atoms with Gasteiger partial charge in [0.25, 0.3) is 0 Å². The first kappa shape index (κ1) is 22.6. The highest BCUT2D eigenvalue weighted by molar-refractivity contribution is 5.90. The summed E-state index contributed by atoms with van der Waals surface area (Å²) in [4.78, 5) is 34.6. The Morgan fingerprint density at radius 2 is 1.65 bits per heavy atom. The lowest BCUT2D eigenvalue weighted by molar-refractivity contribution is -0.137. The van der Waals surface area contributed by atoms with Gasteiger partial charge in [0, 0.05) is 25.2 Å². The van der Waals surface area contributed by atoms with Gasteiger partial charge in [-0.05, 0) is 37.7 Å². The molecule has 4 nitrogen and oxygen atoms in total. The van der Waals surface area contributed by atoms with Crippen LogP contribution in [0.3, 0.4) is 0 Å². The van der Waals surface area contributed by atoms with Crippen LogP contribution >= 0.6 is 0 Å².